The lowest BCUT2D eigenvalue weighted by Crippen LogP contribution is -2.54. The monoisotopic (exact) mass is 653 g/mol. The van der Waals surface area contributed by atoms with E-state index in [1.165, 1.54) is 4.90 Å². The van der Waals surface area contributed by atoms with Crippen LogP contribution in [0.15, 0.2) is 77.3 Å². The Morgan fingerprint density at radius 1 is 0.974 bits per heavy atom. The first-order valence-electron chi connectivity index (χ1n) is 12.2. The number of anilines is 1. The molecule has 1 atom stereocenters. The lowest BCUT2D eigenvalue weighted by Gasteiger charge is -2.34. The summed E-state index contributed by atoms with van der Waals surface area (Å²) in [5, 5.41) is 3.66. The first kappa shape index (κ1) is 30.9. The number of para-hydroxylation sites is 1. The molecule has 1 N–H and O–H groups in total. The maximum atomic E-state index is 14.0. The fourth-order valence-corrected chi connectivity index (χ4v) is 5.96. The van der Waals surface area contributed by atoms with Crippen molar-refractivity contribution in [1.29, 1.82) is 0 Å². The van der Waals surface area contributed by atoms with E-state index in [0.29, 0.717) is 25.8 Å². The largest absolute Gasteiger partial charge is 0.352 e. The molecule has 0 radical (unpaired) electrons. The highest BCUT2D eigenvalue weighted by Gasteiger charge is 2.34. The third-order valence-corrected chi connectivity index (χ3v) is 8.24. The Morgan fingerprint density at radius 3 is 2.21 bits per heavy atom. The minimum atomic E-state index is -3.87. The summed E-state index contributed by atoms with van der Waals surface area (Å²) in [5.74, 6) is -0.930. The second kappa shape index (κ2) is 13.7. The molecule has 3 aromatic carbocycles. The molecule has 208 valence electrons. The van der Waals surface area contributed by atoms with E-state index in [1.54, 1.807) is 42.5 Å². The molecule has 0 bridgehead atoms. The molecule has 2 amide bonds. The first-order valence-corrected chi connectivity index (χ1v) is 15.6. The van der Waals surface area contributed by atoms with Crippen molar-refractivity contribution in [1.82, 2.24) is 10.2 Å². The number of amides is 2. The summed E-state index contributed by atoms with van der Waals surface area (Å²) in [6, 6.07) is 19.8. The summed E-state index contributed by atoms with van der Waals surface area (Å²) < 4.78 is 27.2. The number of rotatable bonds is 11. The van der Waals surface area contributed by atoms with Gasteiger partial charge in [-0.25, -0.2) is 8.42 Å². The van der Waals surface area contributed by atoms with Crippen LogP contribution in [0.2, 0.25) is 10.0 Å². The van der Waals surface area contributed by atoms with Crippen LogP contribution in [-0.2, 0) is 32.6 Å². The van der Waals surface area contributed by atoms with Crippen LogP contribution in [0.5, 0.6) is 0 Å². The average Bonchev–Trinajstić information content (AvgIpc) is 2.85. The number of nitrogens with zero attached hydrogens (tertiary/aromatic N) is 2. The number of carbonyl (C=O) groups excluding carboxylic acids is 2. The van der Waals surface area contributed by atoms with Gasteiger partial charge in [0.25, 0.3) is 0 Å². The Labute approximate surface area is 248 Å². The maximum Gasteiger partial charge on any atom is 0.244 e. The highest BCUT2D eigenvalue weighted by Crippen LogP contribution is 2.29. The van der Waals surface area contributed by atoms with Crippen LogP contribution in [-0.4, -0.2) is 50.0 Å². The third kappa shape index (κ3) is 8.70. The molecule has 0 aromatic heterocycles. The van der Waals surface area contributed by atoms with Gasteiger partial charge in [0, 0.05) is 33.5 Å². The van der Waals surface area contributed by atoms with Gasteiger partial charge >= 0.3 is 0 Å². The van der Waals surface area contributed by atoms with Crippen LogP contribution in [0.1, 0.15) is 25.0 Å². The van der Waals surface area contributed by atoms with Gasteiger partial charge in [-0.3, -0.25) is 13.9 Å². The smallest absolute Gasteiger partial charge is 0.244 e. The lowest BCUT2D eigenvalue weighted by atomic mass is 10.0. The van der Waals surface area contributed by atoms with E-state index in [1.807, 2.05) is 44.2 Å². The van der Waals surface area contributed by atoms with Gasteiger partial charge in [0.05, 0.1) is 11.9 Å². The third-order valence-electron chi connectivity index (χ3n) is 5.86. The van der Waals surface area contributed by atoms with E-state index >= 15 is 0 Å². The van der Waals surface area contributed by atoms with Gasteiger partial charge in [-0.05, 0) is 65.2 Å². The molecule has 39 heavy (non-hydrogen) atoms. The number of hydrogen-bond donors (Lipinski definition) is 1. The van der Waals surface area contributed by atoms with E-state index in [4.69, 9.17) is 23.2 Å². The van der Waals surface area contributed by atoms with E-state index in [0.717, 1.165) is 16.1 Å². The summed E-state index contributed by atoms with van der Waals surface area (Å²) in [6.07, 6.45) is 1.25. The Bertz CT molecular complexity index is 1420. The van der Waals surface area contributed by atoms with Gasteiger partial charge in [-0.2, -0.15) is 0 Å². The molecular weight excluding hydrogens is 625 g/mol. The summed E-state index contributed by atoms with van der Waals surface area (Å²) in [6.45, 7) is 3.11. The standard InChI is InChI=1S/C28H30BrCl2N3O4S/c1-19(2)32-28(36)26(15-20-9-5-4-6-10-20)33(17-21-13-14-22(30)16-24(21)31)27(35)18-34(39(3,37)38)25-12-8-7-11-23(25)29/h4-14,16,19,26H,15,17-18H2,1-3H3,(H,32,36)/t26-/m0/s1. The van der Waals surface area contributed by atoms with Crippen molar-refractivity contribution in [3.05, 3.63) is 98.4 Å². The molecule has 11 heteroatoms. The van der Waals surface area contributed by atoms with Crippen LogP contribution in [0.4, 0.5) is 5.69 Å². The Kier molecular flexibility index (Phi) is 10.8. The molecule has 7 nitrogen and oxygen atoms in total. The quantitative estimate of drug-likeness (QED) is 0.288. The minimum Gasteiger partial charge on any atom is -0.352 e. The van der Waals surface area contributed by atoms with Gasteiger partial charge in [0.15, 0.2) is 0 Å². The Hall–Kier alpha value is -2.59. The molecule has 0 aliphatic rings. The lowest BCUT2D eigenvalue weighted by molar-refractivity contribution is -0.140. The summed E-state index contributed by atoms with van der Waals surface area (Å²) >= 11 is 15.9. The number of halogens is 3. The predicted molar refractivity (Wildman–Crippen MR) is 161 cm³/mol. The van der Waals surface area contributed by atoms with Crippen LogP contribution in [0, 0.1) is 0 Å². The van der Waals surface area contributed by atoms with Gasteiger partial charge in [-0.1, -0.05) is 71.7 Å². The van der Waals surface area contributed by atoms with E-state index in [-0.39, 0.29) is 24.9 Å². The van der Waals surface area contributed by atoms with Crippen LogP contribution in [0.25, 0.3) is 0 Å². The summed E-state index contributed by atoms with van der Waals surface area (Å²) in [5.41, 5.74) is 1.72. The SMILES string of the molecule is CC(C)NC(=O)[C@H](Cc1ccccc1)N(Cc1ccc(Cl)cc1Cl)C(=O)CN(c1ccccc1Br)S(C)(=O)=O. The highest BCUT2D eigenvalue weighted by molar-refractivity contribution is 9.10. The average molecular weight is 655 g/mol. The first-order chi connectivity index (χ1) is 18.4. The molecule has 0 unspecified atom stereocenters. The van der Waals surface area contributed by atoms with Crippen molar-refractivity contribution in [2.24, 2.45) is 0 Å². The van der Waals surface area contributed by atoms with Crippen molar-refractivity contribution < 1.29 is 18.0 Å². The van der Waals surface area contributed by atoms with E-state index < -0.39 is 28.5 Å². The molecule has 0 aliphatic carbocycles. The number of carbonyl (C=O) groups is 2. The molecule has 0 spiro atoms. The topological polar surface area (TPSA) is 86.8 Å². The van der Waals surface area contributed by atoms with Crippen molar-refractivity contribution >= 4 is 66.7 Å². The van der Waals surface area contributed by atoms with Gasteiger partial charge in [0.1, 0.15) is 12.6 Å². The molecule has 3 rings (SSSR count). The number of benzene rings is 3. The zero-order valence-corrected chi connectivity index (χ0v) is 25.7. The fourth-order valence-electron chi connectivity index (χ4n) is 4.02. The molecule has 3 aromatic rings. The molecule has 0 fully saturated rings. The number of nitrogens with one attached hydrogen (secondary N) is 1. The maximum absolute atomic E-state index is 14.0. The number of sulfonamides is 1. The van der Waals surface area contributed by atoms with Crippen molar-refractivity contribution in [2.45, 2.75) is 38.9 Å². The summed E-state index contributed by atoms with van der Waals surface area (Å²) in [7, 11) is -3.87. The summed E-state index contributed by atoms with van der Waals surface area (Å²) in [4.78, 5) is 29.0. The fraction of sp³-hybridized carbons (Fsp3) is 0.286. The van der Waals surface area contributed by atoms with Crippen LogP contribution < -0.4 is 9.62 Å². The molecule has 0 heterocycles. The zero-order chi connectivity index (χ0) is 28.7. The predicted octanol–water partition coefficient (Wildman–Crippen LogP) is 5.69. The minimum absolute atomic E-state index is 0.0363. The van der Waals surface area contributed by atoms with Gasteiger partial charge < -0.3 is 10.2 Å². The highest BCUT2D eigenvalue weighted by atomic mass is 79.9. The zero-order valence-electron chi connectivity index (χ0n) is 21.8. The molecule has 0 saturated heterocycles. The second-order valence-electron chi connectivity index (χ2n) is 9.35. The van der Waals surface area contributed by atoms with Crippen LogP contribution >= 0.6 is 39.1 Å². The van der Waals surface area contributed by atoms with Crippen molar-refractivity contribution in [3.8, 4) is 0 Å². The van der Waals surface area contributed by atoms with Crippen molar-refractivity contribution in [2.75, 3.05) is 17.1 Å². The Morgan fingerprint density at radius 2 is 1.62 bits per heavy atom. The number of hydrogen-bond acceptors (Lipinski definition) is 4. The Balaban J connectivity index is 2.09. The van der Waals surface area contributed by atoms with Crippen LogP contribution in [0.3, 0.4) is 0 Å². The normalized spacial score (nSPS) is 12.2. The second-order valence-corrected chi connectivity index (χ2v) is 13.0. The van der Waals surface area contributed by atoms with E-state index in [9.17, 15) is 18.0 Å². The molecule has 0 aliphatic heterocycles. The molecule has 0 saturated carbocycles. The molecular formula is C28H30BrCl2N3O4S. The van der Waals surface area contributed by atoms with Gasteiger partial charge in [-0.15, -0.1) is 0 Å². The van der Waals surface area contributed by atoms with Gasteiger partial charge in [0.2, 0.25) is 21.8 Å². The van der Waals surface area contributed by atoms with E-state index in [2.05, 4.69) is 21.2 Å². The van der Waals surface area contributed by atoms with Crippen molar-refractivity contribution in [3.63, 3.8) is 0 Å².